The molecule has 1 N–H and O–H groups in total. The van der Waals surface area contributed by atoms with Gasteiger partial charge in [0.05, 0.1) is 12.8 Å². The molecule has 0 aliphatic carbocycles. The Morgan fingerprint density at radius 3 is 2.39 bits per heavy atom. The van der Waals surface area contributed by atoms with Crippen LogP contribution in [0.5, 0.6) is 5.75 Å². The largest absolute Gasteiger partial charge is 0.497 e. The van der Waals surface area contributed by atoms with Gasteiger partial charge in [0.1, 0.15) is 5.75 Å². The van der Waals surface area contributed by atoms with E-state index in [1.165, 1.54) is 0 Å². The van der Waals surface area contributed by atoms with Crippen LogP contribution in [-0.2, 0) is 6.54 Å². The summed E-state index contributed by atoms with van der Waals surface area (Å²) >= 11 is 0. The van der Waals surface area contributed by atoms with Crippen molar-refractivity contribution in [3.8, 4) is 11.4 Å². The standard InChI is InChI=1S/C22H23N3O3/c1-4-13-24(15-17-5-11-20(28-3)12-6-17)21(26)18-7-9-19(10-8-18)25-16(2)14-23-22(25)27/h4-12,14H,1,13,15H2,2-3H3,(H,23,27). The number of nitrogens with one attached hydrogen (secondary N) is 1. The molecular formula is C22H23N3O3. The lowest BCUT2D eigenvalue weighted by molar-refractivity contribution is 0.0762. The second-order valence-corrected chi connectivity index (χ2v) is 6.44. The SMILES string of the molecule is C=CCN(Cc1ccc(OC)cc1)C(=O)c1ccc(-n2c(C)c[nH]c2=O)cc1. The van der Waals surface area contributed by atoms with Gasteiger partial charge in [-0.3, -0.25) is 9.36 Å². The highest BCUT2D eigenvalue weighted by molar-refractivity contribution is 5.94. The van der Waals surface area contributed by atoms with Crippen molar-refractivity contribution in [3.05, 3.63) is 94.7 Å². The summed E-state index contributed by atoms with van der Waals surface area (Å²) in [5, 5.41) is 0. The van der Waals surface area contributed by atoms with E-state index in [-0.39, 0.29) is 11.6 Å². The number of hydrogen-bond donors (Lipinski definition) is 1. The molecule has 6 nitrogen and oxygen atoms in total. The number of aryl methyl sites for hydroxylation is 1. The Morgan fingerprint density at radius 1 is 1.18 bits per heavy atom. The first-order chi connectivity index (χ1) is 13.5. The van der Waals surface area contributed by atoms with Gasteiger partial charge in [0.15, 0.2) is 0 Å². The molecule has 6 heteroatoms. The van der Waals surface area contributed by atoms with Crippen LogP contribution in [0.2, 0.25) is 0 Å². The zero-order valence-electron chi connectivity index (χ0n) is 16.0. The maximum Gasteiger partial charge on any atom is 0.330 e. The number of H-pyrrole nitrogens is 1. The Morgan fingerprint density at radius 2 is 1.86 bits per heavy atom. The summed E-state index contributed by atoms with van der Waals surface area (Å²) in [7, 11) is 1.62. The highest BCUT2D eigenvalue weighted by Gasteiger charge is 2.16. The van der Waals surface area contributed by atoms with Gasteiger partial charge < -0.3 is 14.6 Å². The van der Waals surface area contributed by atoms with Gasteiger partial charge in [0, 0.05) is 30.5 Å². The van der Waals surface area contributed by atoms with Gasteiger partial charge >= 0.3 is 5.69 Å². The zero-order valence-corrected chi connectivity index (χ0v) is 16.0. The first-order valence-corrected chi connectivity index (χ1v) is 8.94. The first kappa shape index (κ1) is 19.2. The summed E-state index contributed by atoms with van der Waals surface area (Å²) < 4.78 is 6.74. The molecule has 2 aromatic carbocycles. The molecular weight excluding hydrogens is 354 g/mol. The number of nitrogens with zero attached hydrogens (tertiary/aromatic N) is 2. The van der Waals surface area contributed by atoms with Crippen LogP contribution in [0.15, 0.2) is 72.2 Å². The van der Waals surface area contributed by atoms with Crippen molar-refractivity contribution in [2.75, 3.05) is 13.7 Å². The van der Waals surface area contributed by atoms with Gasteiger partial charge in [-0.05, 0) is 48.9 Å². The van der Waals surface area contributed by atoms with E-state index in [9.17, 15) is 9.59 Å². The Kier molecular flexibility index (Phi) is 5.79. The molecule has 0 spiro atoms. The van der Waals surface area contributed by atoms with E-state index >= 15 is 0 Å². The molecule has 0 radical (unpaired) electrons. The van der Waals surface area contributed by atoms with Crippen molar-refractivity contribution in [1.29, 1.82) is 0 Å². The van der Waals surface area contributed by atoms with Crippen LogP contribution >= 0.6 is 0 Å². The minimum atomic E-state index is -0.204. The number of imidazole rings is 1. The van der Waals surface area contributed by atoms with Gasteiger partial charge in [0.25, 0.3) is 5.91 Å². The summed E-state index contributed by atoms with van der Waals surface area (Å²) in [6.45, 7) is 6.50. The van der Waals surface area contributed by atoms with E-state index in [0.717, 1.165) is 17.0 Å². The monoisotopic (exact) mass is 377 g/mol. The molecule has 3 aromatic rings. The molecule has 0 aliphatic rings. The Bertz CT molecular complexity index is 1010. The molecule has 1 aromatic heterocycles. The number of aromatic nitrogens is 2. The molecule has 144 valence electrons. The molecule has 1 amide bonds. The quantitative estimate of drug-likeness (QED) is 0.643. The average Bonchev–Trinajstić information content (AvgIpc) is 3.06. The van der Waals surface area contributed by atoms with Crippen LogP contribution in [0, 0.1) is 6.92 Å². The van der Waals surface area contributed by atoms with Crippen LogP contribution in [0.25, 0.3) is 5.69 Å². The number of methoxy groups -OCH3 is 1. The lowest BCUT2D eigenvalue weighted by Crippen LogP contribution is -2.30. The number of ether oxygens (including phenoxy) is 1. The van der Waals surface area contributed by atoms with Crippen LogP contribution < -0.4 is 10.4 Å². The summed E-state index contributed by atoms with van der Waals surface area (Å²) in [6, 6.07) is 14.6. The lowest BCUT2D eigenvalue weighted by Gasteiger charge is -2.21. The average molecular weight is 377 g/mol. The number of amides is 1. The minimum Gasteiger partial charge on any atom is -0.497 e. The number of rotatable bonds is 7. The van der Waals surface area contributed by atoms with Crippen molar-refractivity contribution in [2.24, 2.45) is 0 Å². The maximum absolute atomic E-state index is 13.0. The van der Waals surface area contributed by atoms with E-state index in [1.54, 1.807) is 53.1 Å². The van der Waals surface area contributed by atoms with E-state index < -0.39 is 0 Å². The summed E-state index contributed by atoms with van der Waals surface area (Å²) in [5.41, 5.74) is 2.87. The van der Waals surface area contributed by atoms with Crippen LogP contribution in [0.3, 0.4) is 0 Å². The van der Waals surface area contributed by atoms with E-state index in [2.05, 4.69) is 11.6 Å². The summed E-state index contributed by atoms with van der Waals surface area (Å²) in [5.74, 6) is 0.677. The number of benzene rings is 2. The molecule has 28 heavy (non-hydrogen) atoms. The minimum absolute atomic E-state index is 0.0968. The van der Waals surface area contributed by atoms with Crippen molar-refractivity contribution in [3.63, 3.8) is 0 Å². The third-order valence-corrected chi connectivity index (χ3v) is 4.50. The Labute approximate surface area is 163 Å². The van der Waals surface area contributed by atoms with Gasteiger partial charge in [-0.1, -0.05) is 18.2 Å². The normalized spacial score (nSPS) is 10.5. The third-order valence-electron chi connectivity index (χ3n) is 4.50. The highest BCUT2D eigenvalue weighted by Crippen LogP contribution is 2.16. The topological polar surface area (TPSA) is 67.3 Å². The van der Waals surface area contributed by atoms with E-state index in [4.69, 9.17) is 4.74 Å². The zero-order chi connectivity index (χ0) is 20.1. The smallest absolute Gasteiger partial charge is 0.330 e. The number of carbonyl (C=O) groups excluding carboxylic acids is 1. The van der Waals surface area contributed by atoms with E-state index in [0.29, 0.717) is 24.3 Å². The Balaban J connectivity index is 1.80. The van der Waals surface area contributed by atoms with Crippen LogP contribution in [0.4, 0.5) is 0 Å². The number of hydrogen-bond acceptors (Lipinski definition) is 3. The molecule has 0 saturated carbocycles. The molecule has 0 aliphatic heterocycles. The predicted molar refractivity (Wildman–Crippen MR) is 109 cm³/mol. The molecule has 0 atom stereocenters. The van der Waals surface area contributed by atoms with Crippen molar-refractivity contribution in [1.82, 2.24) is 14.5 Å². The van der Waals surface area contributed by atoms with Crippen LogP contribution in [-0.4, -0.2) is 34.0 Å². The summed E-state index contributed by atoms with van der Waals surface area (Å²) in [6.07, 6.45) is 3.36. The van der Waals surface area contributed by atoms with Gasteiger partial charge in [-0.25, -0.2) is 4.79 Å². The van der Waals surface area contributed by atoms with Crippen molar-refractivity contribution < 1.29 is 9.53 Å². The molecule has 0 fully saturated rings. The maximum atomic E-state index is 13.0. The molecule has 0 unspecified atom stereocenters. The first-order valence-electron chi connectivity index (χ1n) is 8.94. The predicted octanol–water partition coefficient (Wildman–Crippen LogP) is 3.31. The third kappa shape index (κ3) is 4.06. The molecule has 0 bridgehead atoms. The van der Waals surface area contributed by atoms with Gasteiger partial charge in [0.2, 0.25) is 0 Å². The molecule has 1 heterocycles. The van der Waals surface area contributed by atoms with Gasteiger partial charge in [-0.2, -0.15) is 0 Å². The molecule has 3 rings (SSSR count). The second-order valence-electron chi connectivity index (χ2n) is 6.44. The van der Waals surface area contributed by atoms with Gasteiger partial charge in [-0.15, -0.1) is 6.58 Å². The molecule has 0 saturated heterocycles. The number of aromatic amines is 1. The summed E-state index contributed by atoms with van der Waals surface area (Å²) in [4.78, 5) is 29.3. The fourth-order valence-electron chi connectivity index (χ4n) is 3.04. The van der Waals surface area contributed by atoms with Crippen LogP contribution in [0.1, 0.15) is 21.6 Å². The number of carbonyl (C=O) groups is 1. The fourth-order valence-corrected chi connectivity index (χ4v) is 3.04. The van der Waals surface area contributed by atoms with E-state index in [1.807, 2.05) is 31.2 Å². The van der Waals surface area contributed by atoms with Crippen molar-refractivity contribution >= 4 is 5.91 Å². The Hall–Kier alpha value is -3.54. The fraction of sp³-hybridized carbons (Fsp3) is 0.182. The van der Waals surface area contributed by atoms with Crippen molar-refractivity contribution in [2.45, 2.75) is 13.5 Å². The highest BCUT2D eigenvalue weighted by atomic mass is 16.5. The second kappa shape index (κ2) is 8.43. The lowest BCUT2D eigenvalue weighted by atomic mass is 10.1.